The van der Waals surface area contributed by atoms with Crippen LogP contribution in [0.15, 0.2) is 29.3 Å². The van der Waals surface area contributed by atoms with Gasteiger partial charge < -0.3 is 29.7 Å². The fourth-order valence-corrected chi connectivity index (χ4v) is 3.93. The van der Waals surface area contributed by atoms with Gasteiger partial charge in [-0.2, -0.15) is 0 Å². The number of aliphatic imine (C=N–C) groups is 1. The van der Waals surface area contributed by atoms with Gasteiger partial charge in [0.25, 0.3) is 0 Å². The van der Waals surface area contributed by atoms with Crippen molar-refractivity contribution in [2.45, 2.75) is 25.9 Å². The van der Waals surface area contributed by atoms with Crippen LogP contribution in [0.5, 0.6) is 5.75 Å². The minimum absolute atomic E-state index is 0.0737. The van der Waals surface area contributed by atoms with E-state index in [9.17, 15) is 9.90 Å². The molecule has 2 aliphatic heterocycles. The van der Waals surface area contributed by atoms with Crippen LogP contribution in [-0.2, 0) is 9.53 Å². The van der Waals surface area contributed by atoms with E-state index in [2.05, 4.69) is 15.2 Å². The maximum absolute atomic E-state index is 12.7. The monoisotopic (exact) mass is 418 g/mol. The lowest BCUT2D eigenvalue weighted by atomic mass is 9.95. The molecule has 0 spiro atoms. The number of nitrogens with zero attached hydrogens (tertiary/aromatic N) is 3. The highest BCUT2D eigenvalue weighted by molar-refractivity contribution is 5.82. The van der Waals surface area contributed by atoms with Crippen molar-refractivity contribution in [1.29, 1.82) is 0 Å². The van der Waals surface area contributed by atoms with Crippen LogP contribution >= 0.6 is 0 Å². The van der Waals surface area contributed by atoms with Crippen LogP contribution in [0, 0.1) is 5.92 Å². The molecule has 2 saturated heterocycles. The number of guanidine groups is 1. The van der Waals surface area contributed by atoms with Gasteiger partial charge in [0.05, 0.1) is 33.0 Å². The first-order chi connectivity index (χ1) is 14.6. The summed E-state index contributed by atoms with van der Waals surface area (Å²) in [5, 5.41) is 13.9. The normalized spacial score (nSPS) is 19.5. The number of morpholine rings is 1. The second-order valence-corrected chi connectivity index (χ2v) is 7.69. The molecule has 2 N–H and O–H groups in total. The van der Waals surface area contributed by atoms with Crippen molar-refractivity contribution in [2.75, 3.05) is 59.6 Å². The summed E-state index contributed by atoms with van der Waals surface area (Å²) in [5.74, 6) is 1.84. The number of hydrogen-bond donors (Lipinski definition) is 2. The predicted octanol–water partition coefficient (Wildman–Crippen LogP) is 1.26. The van der Waals surface area contributed by atoms with Gasteiger partial charge in [-0.3, -0.25) is 9.79 Å². The molecule has 1 amide bonds. The van der Waals surface area contributed by atoms with Gasteiger partial charge in [0.2, 0.25) is 5.91 Å². The van der Waals surface area contributed by atoms with Crippen molar-refractivity contribution in [3.05, 3.63) is 29.8 Å². The fourth-order valence-electron chi connectivity index (χ4n) is 3.93. The number of ether oxygens (including phenoxy) is 2. The number of amides is 1. The molecule has 2 aliphatic rings. The van der Waals surface area contributed by atoms with Crippen molar-refractivity contribution >= 4 is 11.9 Å². The van der Waals surface area contributed by atoms with E-state index in [-0.39, 0.29) is 18.4 Å². The van der Waals surface area contributed by atoms with E-state index in [1.54, 1.807) is 7.11 Å². The fraction of sp³-hybridized carbons (Fsp3) is 0.636. The second-order valence-electron chi connectivity index (χ2n) is 7.69. The summed E-state index contributed by atoms with van der Waals surface area (Å²) >= 11 is 0. The molecule has 166 valence electrons. The van der Waals surface area contributed by atoms with Crippen molar-refractivity contribution in [3.8, 4) is 5.75 Å². The average molecular weight is 419 g/mol. The van der Waals surface area contributed by atoms with Crippen LogP contribution in [0.3, 0.4) is 0 Å². The molecule has 0 aliphatic carbocycles. The number of likely N-dealkylation sites (tertiary alicyclic amines) is 1. The standard InChI is InChI=1S/C22H34N4O4/c1-3-23-22(24-16-20(27)18-5-4-6-19(15-18)29-2)26-9-7-17(8-10-26)21(28)25-11-13-30-14-12-25/h4-6,15,17,20,27H,3,7-14,16H2,1-2H3,(H,23,24). The predicted molar refractivity (Wildman–Crippen MR) is 116 cm³/mol. The third-order valence-corrected chi connectivity index (χ3v) is 5.69. The molecule has 0 aromatic heterocycles. The Balaban J connectivity index is 1.56. The summed E-state index contributed by atoms with van der Waals surface area (Å²) in [6.07, 6.45) is 0.937. The molecule has 2 fully saturated rings. The Bertz CT molecular complexity index is 713. The zero-order valence-corrected chi connectivity index (χ0v) is 18.0. The van der Waals surface area contributed by atoms with Gasteiger partial charge in [0.1, 0.15) is 5.75 Å². The summed E-state index contributed by atoms with van der Waals surface area (Å²) in [6, 6.07) is 7.42. The Morgan fingerprint density at radius 3 is 2.67 bits per heavy atom. The third kappa shape index (κ3) is 5.86. The van der Waals surface area contributed by atoms with Gasteiger partial charge in [0.15, 0.2) is 5.96 Å². The number of aliphatic hydroxyl groups is 1. The Morgan fingerprint density at radius 2 is 2.00 bits per heavy atom. The third-order valence-electron chi connectivity index (χ3n) is 5.69. The number of rotatable bonds is 6. The van der Waals surface area contributed by atoms with E-state index >= 15 is 0 Å². The van der Waals surface area contributed by atoms with Gasteiger partial charge >= 0.3 is 0 Å². The quantitative estimate of drug-likeness (QED) is 0.534. The van der Waals surface area contributed by atoms with E-state index in [4.69, 9.17) is 9.47 Å². The van der Waals surface area contributed by atoms with Crippen molar-refractivity contribution < 1.29 is 19.4 Å². The SMILES string of the molecule is CCNC(=NCC(O)c1cccc(OC)c1)N1CCC(C(=O)N2CCOCC2)CC1. The molecule has 3 rings (SSSR count). The maximum Gasteiger partial charge on any atom is 0.225 e. The number of methoxy groups -OCH3 is 1. The molecular weight excluding hydrogens is 384 g/mol. The van der Waals surface area contributed by atoms with Crippen molar-refractivity contribution in [1.82, 2.24) is 15.1 Å². The number of carbonyl (C=O) groups is 1. The minimum atomic E-state index is -0.700. The van der Waals surface area contributed by atoms with Crippen LogP contribution in [0.2, 0.25) is 0 Å². The van der Waals surface area contributed by atoms with Gasteiger partial charge in [-0.15, -0.1) is 0 Å². The maximum atomic E-state index is 12.7. The molecule has 8 nitrogen and oxygen atoms in total. The Morgan fingerprint density at radius 1 is 1.27 bits per heavy atom. The highest BCUT2D eigenvalue weighted by atomic mass is 16.5. The smallest absolute Gasteiger partial charge is 0.225 e. The lowest BCUT2D eigenvalue weighted by molar-refractivity contribution is -0.140. The number of piperidine rings is 1. The molecule has 0 saturated carbocycles. The first kappa shape index (κ1) is 22.4. The van der Waals surface area contributed by atoms with Crippen LogP contribution < -0.4 is 10.1 Å². The van der Waals surface area contributed by atoms with Crippen molar-refractivity contribution in [3.63, 3.8) is 0 Å². The van der Waals surface area contributed by atoms with E-state index < -0.39 is 6.10 Å². The summed E-state index contributed by atoms with van der Waals surface area (Å²) in [6.45, 7) is 7.28. The van der Waals surface area contributed by atoms with Gasteiger partial charge in [0, 0.05) is 38.6 Å². The first-order valence-electron chi connectivity index (χ1n) is 10.8. The lowest BCUT2D eigenvalue weighted by Gasteiger charge is -2.36. The molecular formula is C22H34N4O4. The topological polar surface area (TPSA) is 86.6 Å². The Hall–Kier alpha value is -2.32. The molecule has 8 heteroatoms. The van der Waals surface area contributed by atoms with Crippen LogP contribution in [0.25, 0.3) is 0 Å². The van der Waals surface area contributed by atoms with Crippen LogP contribution in [0.1, 0.15) is 31.4 Å². The van der Waals surface area contributed by atoms with Crippen LogP contribution in [-0.4, -0.2) is 86.4 Å². The van der Waals surface area contributed by atoms with Gasteiger partial charge in [-0.25, -0.2) is 0 Å². The van der Waals surface area contributed by atoms with E-state index in [0.717, 1.165) is 49.7 Å². The minimum Gasteiger partial charge on any atom is -0.497 e. The van der Waals surface area contributed by atoms with Crippen LogP contribution in [0.4, 0.5) is 0 Å². The summed E-state index contributed by atoms with van der Waals surface area (Å²) in [5.41, 5.74) is 0.781. The lowest BCUT2D eigenvalue weighted by Crippen LogP contribution is -2.50. The van der Waals surface area contributed by atoms with Gasteiger partial charge in [-0.1, -0.05) is 12.1 Å². The molecule has 1 unspecified atom stereocenters. The second kappa shape index (κ2) is 11.2. The highest BCUT2D eigenvalue weighted by Crippen LogP contribution is 2.22. The highest BCUT2D eigenvalue weighted by Gasteiger charge is 2.30. The number of hydrogen-bond acceptors (Lipinski definition) is 5. The first-order valence-corrected chi connectivity index (χ1v) is 10.8. The molecule has 1 aromatic rings. The average Bonchev–Trinajstić information content (AvgIpc) is 2.81. The Labute approximate surface area is 178 Å². The molecule has 30 heavy (non-hydrogen) atoms. The summed E-state index contributed by atoms with van der Waals surface area (Å²) < 4.78 is 10.6. The number of carbonyl (C=O) groups excluding carboxylic acids is 1. The van der Waals surface area contributed by atoms with E-state index in [0.29, 0.717) is 26.3 Å². The van der Waals surface area contributed by atoms with Gasteiger partial charge in [-0.05, 0) is 37.5 Å². The molecule has 1 atom stereocenters. The molecule has 1 aromatic carbocycles. The molecule has 2 heterocycles. The largest absolute Gasteiger partial charge is 0.497 e. The molecule has 0 radical (unpaired) electrons. The number of nitrogens with one attached hydrogen (secondary N) is 1. The summed E-state index contributed by atoms with van der Waals surface area (Å²) in [4.78, 5) is 21.5. The Kier molecular flexibility index (Phi) is 8.33. The molecule has 0 bridgehead atoms. The number of aliphatic hydroxyl groups excluding tert-OH is 1. The van der Waals surface area contributed by atoms with E-state index in [1.807, 2.05) is 36.1 Å². The summed E-state index contributed by atoms with van der Waals surface area (Å²) in [7, 11) is 1.61. The zero-order chi connectivity index (χ0) is 21.3. The zero-order valence-electron chi connectivity index (χ0n) is 18.0. The van der Waals surface area contributed by atoms with Crippen molar-refractivity contribution in [2.24, 2.45) is 10.9 Å². The number of benzene rings is 1. The van der Waals surface area contributed by atoms with E-state index in [1.165, 1.54) is 0 Å².